The fraction of sp³-hybridized carbons (Fsp3) is 0.513. The number of imidazole rings is 1. The minimum Gasteiger partial charge on any atom is -0.468 e. The molecule has 3 aliphatic heterocycles. The highest BCUT2D eigenvalue weighted by atomic mass is 19.1. The molecule has 0 N–H and O–H groups in total. The van der Waals surface area contributed by atoms with Crippen LogP contribution in [0.2, 0.25) is 0 Å². The summed E-state index contributed by atoms with van der Waals surface area (Å²) in [7, 11) is 1.50. The lowest BCUT2D eigenvalue weighted by atomic mass is 9.91. The third kappa shape index (κ3) is 5.80. The lowest BCUT2D eigenvalue weighted by Crippen LogP contribution is -2.44. The molecule has 52 heavy (non-hydrogen) atoms. The first kappa shape index (κ1) is 34.2. The van der Waals surface area contributed by atoms with Gasteiger partial charge in [0.1, 0.15) is 29.9 Å². The van der Waals surface area contributed by atoms with Gasteiger partial charge in [0.25, 0.3) is 0 Å². The number of piperidine rings is 1. The van der Waals surface area contributed by atoms with E-state index in [-0.39, 0.29) is 59.7 Å². The fourth-order valence-electron chi connectivity index (χ4n) is 8.71. The first-order valence-corrected chi connectivity index (χ1v) is 18.1. The molecule has 4 fully saturated rings. The zero-order valence-electron chi connectivity index (χ0n) is 29.4. The summed E-state index contributed by atoms with van der Waals surface area (Å²) in [5, 5.41) is 10.5. The van der Waals surface area contributed by atoms with Crippen LogP contribution in [0.4, 0.5) is 14.6 Å². The molecule has 11 nitrogen and oxygen atoms in total. The third-order valence-corrected chi connectivity index (χ3v) is 11.5. The smallest absolute Gasteiger partial charge is 0.320 e. The van der Waals surface area contributed by atoms with Crippen LogP contribution in [-0.2, 0) is 4.74 Å². The Labute approximate surface area is 300 Å². The third-order valence-electron chi connectivity index (χ3n) is 11.5. The molecule has 1 saturated carbocycles. The summed E-state index contributed by atoms with van der Waals surface area (Å²) in [5.41, 5.74) is 0.596. The SMILES string of the molecule is C#Cc1c(F)ccc2cc(OCOC)cc(C(=O)c3nc4nc(OC[C@@]56CCCN5C[C@H](F)C6)nc(N5CCC(C#N)CC5C)c4n3C3CCC3)c12. The van der Waals surface area contributed by atoms with Crippen LogP contribution in [-0.4, -0.2) is 88.1 Å². The molecular weight excluding hydrogens is 668 g/mol. The standard InChI is InChI=1S/C39H41F2N7O4/c1-4-29-31(41)10-9-25-16-28(52-22-50-3)17-30(32(25)29)34(49)37-43-35-33(48(37)27-7-5-8-27)36(47-14-11-24(19-42)15-23(47)2)45-38(44-35)51-21-39-12-6-13-46(39)20-26(40)18-39/h1,9-10,16-17,23-24,26-27H,5-8,11-15,18,20-22H2,2-3H3/t23?,24?,26-,39+/m1/s1. The molecule has 2 aromatic carbocycles. The van der Waals surface area contributed by atoms with E-state index in [0.29, 0.717) is 60.5 Å². The predicted octanol–water partition coefficient (Wildman–Crippen LogP) is 6.12. The van der Waals surface area contributed by atoms with Crippen molar-refractivity contribution in [2.75, 3.05) is 45.0 Å². The van der Waals surface area contributed by atoms with Crippen LogP contribution < -0.4 is 14.4 Å². The lowest BCUT2D eigenvalue weighted by Gasteiger charge is -2.37. The highest BCUT2D eigenvalue weighted by molar-refractivity contribution is 6.17. The molecule has 4 aromatic rings. The van der Waals surface area contributed by atoms with Crippen molar-refractivity contribution in [3.63, 3.8) is 0 Å². The van der Waals surface area contributed by atoms with Crippen LogP contribution in [0.3, 0.4) is 0 Å². The van der Waals surface area contributed by atoms with Gasteiger partial charge in [-0.3, -0.25) is 9.69 Å². The quantitative estimate of drug-likeness (QED) is 0.108. The van der Waals surface area contributed by atoms with Gasteiger partial charge in [0.05, 0.1) is 17.2 Å². The summed E-state index contributed by atoms with van der Waals surface area (Å²) in [4.78, 5) is 34.0. The normalized spacial score (nSPS) is 24.8. The van der Waals surface area contributed by atoms with Crippen molar-refractivity contribution in [1.82, 2.24) is 24.4 Å². The molecular formula is C39H41F2N7O4. The number of rotatable bonds is 10. The molecule has 4 aliphatic rings. The van der Waals surface area contributed by atoms with Crippen LogP contribution in [0.1, 0.15) is 86.1 Å². The zero-order valence-corrected chi connectivity index (χ0v) is 29.4. The van der Waals surface area contributed by atoms with E-state index >= 15 is 4.39 Å². The van der Waals surface area contributed by atoms with Gasteiger partial charge in [0.2, 0.25) is 5.78 Å². The average molecular weight is 710 g/mol. The Morgan fingerprint density at radius 3 is 2.71 bits per heavy atom. The number of carbonyl (C=O) groups excluding carboxylic acids is 1. The number of terminal acetylenes is 1. The molecule has 2 aromatic heterocycles. The van der Waals surface area contributed by atoms with Gasteiger partial charge in [0, 0.05) is 55.6 Å². The topological polar surface area (TPSA) is 119 Å². The van der Waals surface area contributed by atoms with Crippen molar-refractivity contribution in [3.05, 3.63) is 47.0 Å². The van der Waals surface area contributed by atoms with Gasteiger partial charge in [-0.1, -0.05) is 12.0 Å². The fourth-order valence-corrected chi connectivity index (χ4v) is 8.71. The molecule has 2 unspecified atom stereocenters. The monoisotopic (exact) mass is 709 g/mol. The van der Waals surface area contributed by atoms with Crippen LogP contribution in [0.5, 0.6) is 11.8 Å². The minimum absolute atomic E-state index is 0.0291. The number of halogens is 2. The first-order valence-electron chi connectivity index (χ1n) is 18.1. The molecule has 3 saturated heterocycles. The van der Waals surface area contributed by atoms with E-state index in [1.165, 1.54) is 13.2 Å². The van der Waals surface area contributed by atoms with Crippen molar-refractivity contribution in [1.29, 1.82) is 5.26 Å². The number of hydrogen-bond donors (Lipinski definition) is 0. The number of hydrogen-bond acceptors (Lipinski definition) is 10. The van der Waals surface area contributed by atoms with Gasteiger partial charge in [-0.05, 0) is 82.0 Å². The Morgan fingerprint density at radius 2 is 1.98 bits per heavy atom. The van der Waals surface area contributed by atoms with Crippen LogP contribution in [0.25, 0.3) is 21.9 Å². The maximum atomic E-state index is 15.2. The minimum atomic E-state index is -0.908. The number of methoxy groups -OCH3 is 1. The largest absolute Gasteiger partial charge is 0.468 e. The molecule has 4 atom stereocenters. The Morgan fingerprint density at radius 1 is 1.13 bits per heavy atom. The summed E-state index contributed by atoms with van der Waals surface area (Å²) in [6.07, 6.45) is 11.0. The van der Waals surface area contributed by atoms with Crippen molar-refractivity contribution in [2.45, 2.75) is 82.1 Å². The van der Waals surface area contributed by atoms with Crippen molar-refractivity contribution < 1.29 is 27.8 Å². The number of aromatic nitrogens is 4. The van der Waals surface area contributed by atoms with Crippen LogP contribution in [0.15, 0.2) is 24.3 Å². The van der Waals surface area contributed by atoms with Gasteiger partial charge < -0.3 is 23.7 Å². The van der Waals surface area contributed by atoms with Gasteiger partial charge in [-0.25, -0.2) is 13.8 Å². The van der Waals surface area contributed by atoms with Crippen molar-refractivity contribution >= 4 is 33.5 Å². The van der Waals surface area contributed by atoms with E-state index < -0.39 is 23.3 Å². The predicted molar refractivity (Wildman–Crippen MR) is 190 cm³/mol. The van der Waals surface area contributed by atoms with E-state index in [2.05, 4.69) is 28.7 Å². The van der Waals surface area contributed by atoms with Gasteiger partial charge >= 0.3 is 6.01 Å². The molecule has 13 heteroatoms. The summed E-state index contributed by atoms with van der Waals surface area (Å²) < 4.78 is 49.0. The molecule has 1 aliphatic carbocycles. The summed E-state index contributed by atoms with van der Waals surface area (Å²) >= 11 is 0. The number of nitrogens with zero attached hydrogens (tertiary/aromatic N) is 7. The second kappa shape index (κ2) is 13.6. The number of carbonyl (C=O) groups is 1. The number of benzene rings is 2. The average Bonchev–Trinajstić information content (AvgIpc) is 3.78. The number of nitriles is 1. The second-order valence-electron chi connectivity index (χ2n) is 14.7. The second-order valence-corrected chi connectivity index (χ2v) is 14.7. The Hall–Kier alpha value is -4.85. The molecule has 0 amide bonds. The number of alkyl halides is 1. The van der Waals surface area contributed by atoms with E-state index in [0.717, 1.165) is 38.6 Å². The molecule has 270 valence electrons. The van der Waals surface area contributed by atoms with Crippen molar-refractivity contribution in [2.24, 2.45) is 5.92 Å². The van der Waals surface area contributed by atoms with Gasteiger partial charge in [-0.2, -0.15) is 15.2 Å². The highest BCUT2D eigenvalue weighted by Gasteiger charge is 2.49. The van der Waals surface area contributed by atoms with E-state index in [1.807, 2.05) is 4.57 Å². The molecule has 0 spiro atoms. The lowest BCUT2D eigenvalue weighted by molar-refractivity contribution is 0.0511. The first-order chi connectivity index (χ1) is 25.2. The maximum Gasteiger partial charge on any atom is 0.320 e. The Kier molecular flexibility index (Phi) is 8.96. The van der Waals surface area contributed by atoms with Crippen LogP contribution >= 0.6 is 0 Å². The number of ether oxygens (including phenoxy) is 3. The van der Waals surface area contributed by atoms with E-state index in [4.69, 9.17) is 35.6 Å². The number of ketones is 1. The van der Waals surface area contributed by atoms with Gasteiger partial charge in [0.15, 0.2) is 24.1 Å². The van der Waals surface area contributed by atoms with E-state index in [1.54, 1.807) is 18.2 Å². The van der Waals surface area contributed by atoms with Gasteiger partial charge in [-0.15, -0.1) is 6.42 Å². The Balaban J connectivity index is 1.29. The molecule has 0 bridgehead atoms. The summed E-state index contributed by atoms with van der Waals surface area (Å²) in [6, 6.07) is 8.52. The highest BCUT2D eigenvalue weighted by Crippen LogP contribution is 2.43. The Bertz CT molecular complexity index is 2140. The maximum absolute atomic E-state index is 15.2. The summed E-state index contributed by atoms with van der Waals surface area (Å²) in [6.45, 7) is 4.04. The van der Waals surface area contributed by atoms with E-state index in [9.17, 15) is 14.4 Å². The number of anilines is 1. The molecule has 0 radical (unpaired) electrons. The zero-order chi connectivity index (χ0) is 36.1. The molecule has 5 heterocycles. The van der Waals surface area contributed by atoms with Crippen LogP contribution in [0, 0.1) is 35.4 Å². The summed E-state index contributed by atoms with van der Waals surface area (Å²) in [5.74, 6) is 2.34. The van der Waals surface area contributed by atoms with Crippen molar-refractivity contribution in [3.8, 4) is 30.2 Å². The molecule has 8 rings (SSSR count). The number of fused-ring (bicyclic) bond motifs is 3.